The zero-order chi connectivity index (χ0) is 22.8. The van der Waals surface area contributed by atoms with Crippen LogP contribution in [0, 0.1) is 18.8 Å². The first-order valence-electron chi connectivity index (χ1n) is 10.2. The van der Waals surface area contributed by atoms with Gasteiger partial charge in [0.25, 0.3) is 0 Å². The molecular formula is C24H29NO4S2. The van der Waals surface area contributed by atoms with Gasteiger partial charge in [0.15, 0.2) is 0 Å². The molecule has 0 aromatic heterocycles. The highest BCUT2D eigenvalue weighted by Crippen LogP contribution is 2.22. The number of carboxylic acid groups (broad SMARTS) is 1. The van der Waals surface area contributed by atoms with E-state index in [1.165, 1.54) is 17.3 Å². The molecule has 0 aliphatic heterocycles. The van der Waals surface area contributed by atoms with Crippen molar-refractivity contribution >= 4 is 40.5 Å². The van der Waals surface area contributed by atoms with E-state index < -0.39 is 17.9 Å². The number of aliphatic carboxylic acids is 1. The first-order valence-corrected chi connectivity index (χ1v) is 12.3. The van der Waals surface area contributed by atoms with E-state index in [2.05, 4.69) is 5.32 Å². The Hall–Kier alpha value is -2.25. The molecule has 2 aromatic carbocycles. The minimum Gasteiger partial charge on any atom is -0.480 e. The standard InChI is InChI=1S/C24H29NO4S2/c1-16(2)20(14-31-24(29)19-7-5-4-6-8-19)22(26)25-21(23(27)28)15-30-13-18-11-9-17(3)10-12-18/h4-12,16,20-21H,13-15H2,1-3H3,(H,25,26)(H,27,28)/t20?,21-/m0/s1. The van der Waals surface area contributed by atoms with E-state index in [-0.39, 0.29) is 22.7 Å². The number of nitrogens with one attached hydrogen (secondary N) is 1. The maximum Gasteiger partial charge on any atom is 0.327 e. The van der Waals surface area contributed by atoms with E-state index in [9.17, 15) is 19.5 Å². The second-order valence-corrected chi connectivity index (χ2v) is 9.74. The van der Waals surface area contributed by atoms with Crippen LogP contribution in [0.1, 0.15) is 35.3 Å². The van der Waals surface area contributed by atoms with Crippen LogP contribution in [0.4, 0.5) is 0 Å². The van der Waals surface area contributed by atoms with Gasteiger partial charge in [0.2, 0.25) is 11.0 Å². The second-order valence-electron chi connectivity index (χ2n) is 7.72. The van der Waals surface area contributed by atoms with E-state index in [0.717, 1.165) is 17.3 Å². The van der Waals surface area contributed by atoms with Crippen LogP contribution in [0.2, 0.25) is 0 Å². The fourth-order valence-electron chi connectivity index (χ4n) is 2.83. The summed E-state index contributed by atoms with van der Waals surface area (Å²) in [5.41, 5.74) is 2.88. The van der Waals surface area contributed by atoms with Crippen LogP contribution in [0.15, 0.2) is 54.6 Å². The number of benzene rings is 2. The van der Waals surface area contributed by atoms with Crippen molar-refractivity contribution in [2.24, 2.45) is 11.8 Å². The monoisotopic (exact) mass is 459 g/mol. The number of hydrogen-bond donors (Lipinski definition) is 2. The van der Waals surface area contributed by atoms with Gasteiger partial charge in [-0.05, 0) is 18.4 Å². The Morgan fingerprint density at radius 1 is 0.968 bits per heavy atom. The van der Waals surface area contributed by atoms with Gasteiger partial charge in [-0.2, -0.15) is 11.8 Å². The van der Waals surface area contributed by atoms with Gasteiger partial charge in [-0.3, -0.25) is 9.59 Å². The van der Waals surface area contributed by atoms with Gasteiger partial charge < -0.3 is 10.4 Å². The predicted molar refractivity (Wildman–Crippen MR) is 128 cm³/mol. The summed E-state index contributed by atoms with van der Waals surface area (Å²) < 4.78 is 0. The molecule has 0 saturated carbocycles. The molecular weight excluding hydrogens is 430 g/mol. The third-order valence-corrected chi connectivity index (χ3v) is 6.96. The third-order valence-electron chi connectivity index (χ3n) is 4.83. The summed E-state index contributed by atoms with van der Waals surface area (Å²) in [5.74, 6) is -0.607. The van der Waals surface area contributed by atoms with Crippen molar-refractivity contribution in [3.8, 4) is 0 Å². The molecule has 0 radical (unpaired) electrons. The van der Waals surface area contributed by atoms with Crippen molar-refractivity contribution in [3.05, 3.63) is 71.3 Å². The number of carbonyl (C=O) groups excluding carboxylic acids is 2. The minimum absolute atomic E-state index is 0.0225. The lowest BCUT2D eigenvalue weighted by Crippen LogP contribution is -2.46. The van der Waals surface area contributed by atoms with Crippen molar-refractivity contribution in [1.82, 2.24) is 5.32 Å². The van der Waals surface area contributed by atoms with Gasteiger partial charge in [0.1, 0.15) is 6.04 Å². The Morgan fingerprint density at radius 2 is 1.61 bits per heavy atom. The minimum atomic E-state index is -1.06. The lowest BCUT2D eigenvalue weighted by molar-refractivity contribution is -0.141. The van der Waals surface area contributed by atoms with E-state index in [4.69, 9.17) is 0 Å². The van der Waals surface area contributed by atoms with Crippen LogP contribution in [-0.4, -0.2) is 39.6 Å². The SMILES string of the molecule is Cc1ccc(CSC[C@H](NC(=O)C(CSC(=O)c2ccccc2)C(C)C)C(=O)O)cc1. The second kappa shape index (κ2) is 12.6. The predicted octanol–water partition coefficient (Wildman–Crippen LogP) is 4.64. The molecule has 5 nitrogen and oxygen atoms in total. The summed E-state index contributed by atoms with van der Waals surface area (Å²) in [6.45, 7) is 5.82. The molecule has 2 atom stereocenters. The number of carboxylic acids is 1. The molecule has 1 amide bonds. The molecule has 0 bridgehead atoms. The molecule has 0 spiro atoms. The van der Waals surface area contributed by atoms with Gasteiger partial charge in [-0.25, -0.2) is 4.79 Å². The molecule has 1 unspecified atom stereocenters. The summed E-state index contributed by atoms with van der Waals surface area (Å²) in [6.07, 6.45) is 0. The summed E-state index contributed by atoms with van der Waals surface area (Å²) >= 11 is 2.57. The smallest absolute Gasteiger partial charge is 0.327 e. The van der Waals surface area contributed by atoms with E-state index in [0.29, 0.717) is 17.1 Å². The van der Waals surface area contributed by atoms with Crippen LogP contribution < -0.4 is 5.32 Å². The van der Waals surface area contributed by atoms with E-state index >= 15 is 0 Å². The summed E-state index contributed by atoms with van der Waals surface area (Å²) in [5, 5.41) is 12.1. The molecule has 2 aromatic rings. The molecule has 166 valence electrons. The average molecular weight is 460 g/mol. The molecule has 7 heteroatoms. The highest BCUT2D eigenvalue weighted by atomic mass is 32.2. The molecule has 0 aliphatic carbocycles. The fourth-order valence-corrected chi connectivity index (χ4v) is 5.00. The summed E-state index contributed by atoms with van der Waals surface area (Å²) in [6, 6.07) is 16.0. The number of amides is 1. The average Bonchev–Trinajstić information content (AvgIpc) is 2.74. The quantitative estimate of drug-likeness (QED) is 0.509. The molecule has 2 N–H and O–H groups in total. The first kappa shape index (κ1) is 25.0. The Labute approximate surface area is 192 Å². The molecule has 0 saturated heterocycles. The summed E-state index contributed by atoms with van der Waals surface area (Å²) in [4.78, 5) is 36.8. The summed E-state index contributed by atoms with van der Waals surface area (Å²) in [7, 11) is 0. The largest absolute Gasteiger partial charge is 0.480 e. The molecule has 0 aliphatic rings. The zero-order valence-electron chi connectivity index (χ0n) is 18.0. The highest BCUT2D eigenvalue weighted by molar-refractivity contribution is 8.14. The molecule has 2 rings (SSSR count). The Bertz CT molecular complexity index is 869. The lowest BCUT2D eigenvalue weighted by Gasteiger charge is -2.22. The van der Waals surface area contributed by atoms with Crippen LogP contribution in [0.25, 0.3) is 0 Å². The van der Waals surface area contributed by atoms with Gasteiger partial charge in [0.05, 0.1) is 0 Å². The topological polar surface area (TPSA) is 83.5 Å². The van der Waals surface area contributed by atoms with Crippen molar-refractivity contribution in [3.63, 3.8) is 0 Å². The number of aryl methyl sites for hydroxylation is 1. The maximum atomic E-state index is 12.8. The Kier molecular flexibility index (Phi) is 10.1. The van der Waals surface area contributed by atoms with Crippen molar-refractivity contribution in [2.45, 2.75) is 32.6 Å². The Balaban J connectivity index is 1.90. The molecule has 31 heavy (non-hydrogen) atoms. The van der Waals surface area contributed by atoms with Crippen molar-refractivity contribution in [1.29, 1.82) is 0 Å². The van der Waals surface area contributed by atoms with Crippen molar-refractivity contribution < 1.29 is 19.5 Å². The van der Waals surface area contributed by atoms with Crippen LogP contribution >= 0.6 is 23.5 Å². The van der Waals surface area contributed by atoms with Gasteiger partial charge in [-0.15, -0.1) is 0 Å². The van der Waals surface area contributed by atoms with Crippen molar-refractivity contribution in [2.75, 3.05) is 11.5 Å². The highest BCUT2D eigenvalue weighted by Gasteiger charge is 2.28. The maximum absolute atomic E-state index is 12.8. The number of rotatable bonds is 11. The number of thioether (sulfide) groups is 2. The van der Waals surface area contributed by atoms with Crippen LogP contribution in [-0.2, 0) is 15.3 Å². The van der Waals surface area contributed by atoms with Gasteiger partial charge in [-0.1, -0.05) is 85.8 Å². The van der Waals surface area contributed by atoms with E-state index in [1.807, 2.05) is 51.1 Å². The normalized spacial score (nSPS) is 12.9. The van der Waals surface area contributed by atoms with Gasteiger partial charge in [0, 0.05) is 28.7 Å². The fraction of sp³-hybridized carbons (Fsp3) is 0.375. The number of hydrogen-bond acceptors (Lipinski definition) is 5. The lowest BCUT2D eigenvalue weighted by atomic mass is 9.97. The van der Waals surface area contributed by atoms with Crippen LogP contribution in [0.3, 0.4) is 0 Å². The number of carbonyl (C=O) groups is 3. The van der Waals surface area contributed by atoms with Gasteiger partial charge >= 0.3 is 5.97 Å². The van der Waals surface area contributed by atoms with E-state index in [1.54, 1.807) is 24.3 Å². The van der Waals surface area contributed by atoms with Crippen LogP contribution in [0.5, 0.6) is 0 Å². The third kappa shape index (κ3) is 8.42. The Morgan fingerprint density at radius 3 is 2.19 bits per heavy atom. The molecule has 0 heterocycles. The first-order chi connectivity index (χ1) is 14.8. The molecule has 0 fully saturated rings. The zero-order valence-corrected chi connectivity index (χ0v) is 19.7.